The number of anilines is 1. The average molecular weight is 277 g/mol. The molecule has 20 heavy (non-hydrogen) atoms. The van der Waals surface area contributed by atoms with Gasteiger partial charge in [-0.25, -0.2) is 0 Å². The van der Waals surface area contributed by atoms with E-state index in [0.29, 0.717) is 17.4 Å². The second-order valence-electron chi connectivity index (χ2n) is 5.95. The Hall–Kier alpha value is -1.45. The fourth-order valence-corrected chi connectivity index (χ4v) is 3.12. The van der Waals surface area contributed by atoms with Crippen molar-refractivity contribution in [2.24, 2.45) is 5.92 Å². The number of aryl methyl sites for hydroxylation is 1. The molecule has 4 heteroatoms. The van der Waals surface area contributed by atoms with Crippen molar-refractivity contribution in [3.8, 4) is 0 Å². The number of carbonyl (C=O) groups excluding carboxylic acids is 1. The van der Waals surface area contributed by atoms with Crippen molar-refractivity contribution in [3.63, 3.8) is 0 Å². The smallest absolute Gasteiger partial charge is 0.268 e. The quantitative estimate of drug-likeness (QED) is 0.868. The van der Waals surface area contributed by atoms with Crippen molar-refractivity contribution in [3.05, 3.63) is 18.0 Å². The minimum absolute atomic E-state index is 0.0232. The summed E-state index contributed by atoms with van der Waals surface area (Å²) in [6.45, 7) is 5.19. The lowest BCUT2D eigenvalue weighted by Crippen LogP contribution is -2.38. The van der Waals surface area contributed by atoms with E-state index < -0.39 is 0 Å². The molecule has 1 amide bonds. The molecule has 1 fully saturated rings. The molecule has 0 spiro atoms. The Morgan fingerprint density at radius 2 is 2.05 bits per heavy atom. The van der Waals surface area contributed by atoms with E-state index in [0.717, 1.165) is 31.7 Å². The second kappa shape index (κ2) is 6.82. The molecule has 0 atom stereocenters. The highest BCUT2D eigenvalue weighted by Gasteiger charge is 2.22. The highest BCUT2D eigenvalue weighted by Crippen LogP contribution is 2.26. The van der Waals surface area contributed by atoms with Crippen LogP contribution in [0.4, 0.5) is 5.69 Å². The van der Waals surface area contributed by atoms with E-state index in [1.165, 1.54) is 19.3 Å². The topological polar surface area (TPSA) is 60.0 Å². The summed E-state index contributed by atoms with van der Waals surface area (Å²) >= 11 is 0. The molecule has 1 aromatic heterocycles. The minimum Gasteiger partial charge on any atom is -0.397 e. The number of nitrogens with two attached hydrogens (primary N) is 1. The molecule has 0 aliphatic heterocycles. The van der Waals surface area contributed by atoms with Gasteiger partial charge in [0, 0.05) is 18.8 Å². The maximum atomic E-state index is 12.4. The van der Waals surface area contributed by atoms with Crippen molar-refractivity contribution >= 4 is 11.6 Å². The number of hydrogen-bond acceptors (Lipinski definition) is 2. The standard InChI is InChI=1S/C16H27N3O/c1-3-9-19-11-13(17)10-15(19)16(20)18-14-7-5-12(4-2)6-8-14/h10-12,14H,3-9,17H2,1-2H3,(H,18,20). The lowest BCUT2D eigenvalue weighted by Gasteiger charge is -2.28. The maximum Gasteiger partial charge on any atom is 0.268 e. The summed E-state index contributed by atoms with van der Waals surface area (Å²) in [5.74, 6) is 0.873. The summed E-state index contributed by atoms with van der Waals surface area (Å²) in [5.41, 5.74) is 7.18. The van der Waals surface area contributed by atoms with Crippen LogP contribution in [0.15, 0.2) is 12.3 Å². The van der Waals surface area contributed by atoms with Gasteiger partial charge in [0.25, 0.3) is 5.91 Å². The largest absolute Gasteiger partial charge is 0.397 e. The molecule has 3 N–H and O–H groups in total. The molecule has 1 aliphatic rings. The lowest BCUT2D eigenvalue weighted by atomic mass is 9.84. The van der Waals surface area contributed by atoms with Crippen molar-refractivity contribution in [1.29, 1.82) is 0 Å². The number of nitrogens with one attached hydrogen (secondary N) is 1. The molecule has 2 rings (SSSR count). The molecule has 0 radical (unpaired) electrons. The molecular formula is C16H27N3O. The highest BCUT2D eigenvalue weighted by atomic mass is 16.2. The molecule has 0 unspecified atom stereocenters. The van der Waals surface area contributed by atoms with Gasteiger partial charge in [-0.1, -0.05) is 20.3 Å². The third-order valence-corrected chi connectivity index (χ3v) is 4.37. The fourth-order valence-electron chi connectivity index (χ4n) is 3.12. The summed E-state index contributed by atoms with van der Waals surface area (Å²) in [6, 6.07) is 2.11. The number of amides is 1. The van der Waals surface area contributed by atoms with Crippen LogP contribution in [0.25, 0.3) is 0 Å². The predicted molar refractivity (Wildman–Crippen MR) is 82.6 cm³/mol. The van der Waals surface area contributed by atoms with E-state index in [1.807, 2.05) is 10.8 Å². The molecule has 1 aromatic rings. The normalized spacial score (nSPS) is 22.7. The Morgan fingerprint density at radius 1 is 1.35 bits per heavy atom. The zero-order valence-electron chi connectivity index (χ0n) is 12.7. The average Bonchev–Trinajstić information content (AvgIpc) is 2.81. The molecule has 1 saturated carbocycles. The Kier molecular flexibility index (Phi) is 5.10. The molecular weight excluding hydrogens is 250 g/mol. The molecule has 0 aromatic carbocycles. The van der Waals surface area contributed by atoms with Gasteiger partial charge in [0.15, 0.2) is 0 Å². The first-order valence-corrected chi connectivity index (χ1v) is 7.90. The van der Waals surface area contributed by atoms with Crippen LogP contribution in [0.5, 0.6) is 0 Å². The van der Waals surface area contributed by atoms with Crippen LogP contribution in [-0.4, -0.2) is 16.5 Å². The van der Waals surface area contributed by atoms with Crippen LogP contribution in [-0.2, 0) is 6.54 Å². The van der Waals surface area contributed by atoms with E-state index in [4.69, 9.17) is 5.73 Å². The molecule has 1 aliphatic carbocycles. The summed E-state index contributed by atoms with van der Waals surface area (Å²) in [6.07, 6.45) is 8.79. The summed E-state index contributed by atoms with van der Waals surface area (Å²) in [4.78, 5) is 12.4. The predicted octanol–water partition coefficient (Wildman–Crippen LogP) is 3.18. The van der Waals surface area contributed by atoms with Gasteiger partial charge in [-0.15, -0.1) is 0 Å². The van der Waals surface area contributed by atoms with Crippen LogP contribution in [0.3, 0.4) is 0 Å². The summed E-state index contributed by atoms with van der Waals surface area (Å²) < 4.78 is 1.96. The number of carbonyl (C=O) groups is 1. The van der Waals surface area contributed by atoms with Gasteiger partial charge >= 0.3 is 0 Å². The number of hydrogen-bond donors (Lipinski definition) is 2. The molecule has 0 saturated heterocycles. The monoisotopic (exact) mass is 277 g/mol. The van der Waals surface area contributed by atoms with Crippen LogP contribution >= 0.6 is 0 Å². The second-order valence-corrected chi connectivity index (χ2v) is 5.95. The van der Waals surface area contributed by atoms with E-state index >= 15 is 0 Å². The van der Waals surface area contributed by atoms with E-state index in [-0.39, 0.29) is 5.91 Å². The van der Waals surface area contributed by atoms with Crippen molar-refractivity contribution < 1.29 is 4.79 Å². The third-order valence-electron chi connectivity index (χ3n) is 4.37. The summed E-state index contributed by atoms with van der Waals surface area (Å²) in [7, 11) is 0. The number of rotatable bonds is 5. The van der Waals surface area contributed by atoms with Gasteiger partial charge < -0.3 is 15.6 Å². The van der Waals surface area contributed by atoms with Gasteiger partial charge in [0.2, 0.25) is 0 Å². The van der Waals surface area contributed by atoms with Gasteiger partial charge in [0.1, 0.15) is 5.69 Å². The molecule has 1 heterocycles. The van der Waals surface area contributed by atoms with Crippen molar-refractivity contribution in [2.45, 2.75) is 65.0 Å². The van der Waals surface area contributed by atoms with Gasteiger partial charge in [-0.05, 0) is 44.1 Å². The number of nitrogens with zero attached hydrogens (tertiary/aromatic N) is 1. The lowest BCUT2D eigenvalue weighted by molar-refractivity contribution is 0.0912. The minimum atomic E-state index is 0.0232. The Labute approximate surface area is 121 Å². The third kappa shape index (κ3) is 3.56. The van der Waals surface area contributed by atoms with Crippen LogP contribution in [0, 0.1) is 5.92 Å². The number of nitrogen functional groups attached to an aromatic ring is 1. The van der Waals surface area contributed by atoms with Gasteiger partial charge in [-0.3, -0.25) is 4.79 Å². The first-order valence-electron chi connectivity index (χ1n) is 7.90. The van der Waals surface area contributed by atoms with Gasteiger partial charge in [-0.2, -0.15) is 0 Å². The summed E-state index contributed by atoms with van der Waals surface area (Å²) in [5, 5.41) is 3.18. The first-order chi connectivity index (χ1) is 9.63. The maximum absolute atomic E-state index is 12.4. The van der Waals surface area contributed by atoms with Crippen LogP contribution in [0.1, 0.15) is 62.9 Å². The van der Waals surface area contributed by atoms with Crippen LogP contribution < -0.4 is 11.1 Å². The van der Waals surface area contributed by atoms with Crippen molar-refractivity contribution in [2.75, 3.05) is 5.73 Å². The first kappa shape index (κ1) is 14.9. The molecule has 4 nitrogen and oxygen atoms in total. The zero-order chi connectivity index (χ0) is 14.5. The van der Waals surface area contributed by atoms with E-state index in [9.17, 15) is 4.79 Å². The Balaban J connectivity index is 1.95. The SMILES string of the molecule is CCCn1cc(N)cc1C(=O)NC1CCC(CC)CC1. The zero-order valence-corrected chi connectivity index (χ0v) is 12.7. The number of aromatic nitrogens is 1. The molecule has 112 valence electrons. The van der Waals surface area contributed by atoms with Crippen molar-refractivity contribution in [1.82, 2.24) is 9.88 Å². The Bertz CT molecular complexity index is 445. The van der Waals surface area contributed by atoms with Crippen LogP contribution in [0.2, 0.25) is 0 Å². The van der Waals surface area contributed by atoms with E-state index in [1.54, 1.807) is 6.07 Å². The highest BCUT2D eigenvalue weighted by molar-refractivity contribution is 5.94. The van der Waals surface area contributed by atoms with Gasteiger partial charge in [0.05, 0.1) is 5.69 Å². The fraction of sp³-hybridized carbons (Fsp3) is 0.688. The van der Waals surface area contributed by atoms with E-state index in [2.05, 4.69) is 19.2 Å². The Morgan fingerprint density at radius 3 is 2.65 bits per heavy atom. The molecule has 0 bridgehead atoms.